The van der Waals surface area contributed by atoms with E-state index < -0.39 is 0 Å². The van der Waals surface area contributed by atoms with Crippen LogP contribution in [0.4, 0.5) is 0 Å². The van der Waals surface area contributed by atoms with E-state index in [2.05, 4.69) is 15.4 Å². The number of aromatic nitrogens is 3. The Morgan fingerprint density at radius 3 is 2.68 bits per heavy atom. The molecule has 0 saturated heterocycles. The van der Waals surface area contributed by atoms with E-state index >= 15 is 0 Å². The molecule has 1 atom stereocenters. The first-order valence-electron chi connectivity index (χ1n) is 9.68. The largest absolute Gasteiger partial charge is 0.497 e. The van der Waals surface area contributed by atoms with E-state index in [9.17, 15) is 4.79 Å². The van der Waals surface area contributed by atoms with Gasteiger partial charge >= 0.3 is 0 Å². The minimum atomic E-state index is -0.288. The molecular weight excluding hydrogens is 412 g/mol. The summed E-state index contributed by atoms with van der Waals surface area (Å²) in [6.07, 6.45) is 3.65. The summed E-state index contributed by atoms with van der Waals surface area (Å²) in [7, 11) is 3.20. The molecule has 4 rings (SSSR count). The SMILES string of the molecule is COc1ccc(OC)c(C(C)NC(=O)c2csc(-c3cnn(-c4ccccc4)c3)n2)c1. The number of ether oxygens (including phenoxy) is 2. The number of thiazole rings is 1. The highest BCUT2D eigenvalue weighted by atomic mass is 32.1. The van der Waals surface area contributed by atoms with Crippen LogP contribution >= 0.6 is 11.3 Å². The van der Waals surface area contributed by atoms with Gasteiger partial charge in [-0.25, -0.2) is 9.67 Å². The van der Waals surface area contributed by atoms with E-state index in [1.807, 2.05) is 61.7 Å². The standard InChI is InChI=1S/C23H22N4O3S/c1-15(19-11-18(29-2)9-10-21(19)30-3)25-22(28)20-14-31-23(26-20)16-12-24-27(13-16)17-7-5-4-6-8-17/h4-15H,1-3H3,(H,25,28). The summed E-state index contributed by atoms with van der Waals surface area (Å²) in [6.45, 7) is 1.90. The van der Waals surface area contributed by atoms with Gasteiger partial charge in [-0.15, -0.1) is 11.3 Å². The molecule has 1 N–H and O–H groups in total. The zero-order valence-electron chi connectivity index (χ0n) is 17.4. The zero-order chi connectivity index (χ0) is 21.8. The van der Waals surface area contributed by atoms with Crippen LogP contribution in [0.3, 0.4) is 0 Å². The van der Waals surface area contributed by atoms with Crippen molar-refractivity contribution in [1.29, 1.82) is 0 Å². The van der Waals surface area contributed by atoms with E-state index in [4.69, 9.17) is 9.47 Å². The first-order chi connectivity index (χ1) is 15.1. The number of nitrogens with zero attached hydrogens (tertiary/aromatic N) is 3. The van der Waals surface area contributed by atoms with Crippen molar-refractivity contribution in [3.63, 3.8) is 0 Å². The fourth-order valence-electron chi connectivity index (χ4n) is 3.19. The van der Waals surface area contributed by atoms with Gasteiger partial charge in [-0.05, 0) is 37.3 Å². The maximum absolute atomic E-state index is 12.8. The van der Waals surface area contributed by atoms with Crippen LogP contribution in [0.1, 0.15) is 29.0 Å². The zero-order valence-corrected chi connectivity index (χ0v) is 18.2. The summed E-state index contributed by atoms with van der Waals surface area (Å²) in [5.74, 6) is 1.12. The Hall–Kier alpha value is -3.65. The predicted octanol–water partition coefficient (Wildman–Crippen LogP) is 4.50. The van der Waals surface area contributed by atoms with Gasteiger partial charge in [-0.1, -0.05) is 18.2 Å². The Morgan fingerprint density at radius 2 is 1.94 bits per heavy atom. The number of benzene rings is 2. The lowest BCUT2D eigenvalue weighted by molar-refractivity contribution is 0.0935. The van der Waals surface area contributed by atoms with Gasteiger partial charge in [0.05, 0.1) is 32.1 Å². The topological polar surface area (TPSA) is 78.3 Å². The molecule has 1 unspecified atom stereocenters. The maximum atomic E-state index is 12.8. The van der Waals surface area contributed by atoms with E-state index in [-0.39, 0.29) is 11.9 Å². The molecule has 158 valence electrons. The van der Waals surface area contributed by atoms with E-state index in [1.54, 1.807) is 30.5 Å². The van der Waals surface area contributed by atoms with Crippen molar-refractivity contribution in [3.8, 4) is 27.8 Å². The van der Waals surface area contributed by atoms with Crippen LogP contribution < -0.4 is 14.8 Å². The molecule has 7 nitrogen and oxygen atoms in total. The first-order valence-corrected chi connectivity index (χ1v) is 10.6. The number of methoxy groups -OCH3 is 2. The van der Waals surface area contributed by atoms with Gasteiger partial charge in [0.2, 0.25) is 0 Å². The van der Waals surface area contributed by atoms with Crippen LogP contribution in [0.5, 0.6) is 11.5 Å². The molecule has 2 heterocycles. The number of amides is 1. The van der Waals surface area contributed by atoms with Crippen LogP contribution in [-0.4, -0.2) is 34.9 Å². The first kappa shape index (κ1) is 20.6. The molecule has 0 spiro atoms. The summed E-state index contributed by atoms with van der Waals surface area (Å²) >= 11 is 1.41. The summed E-state index contributed by atoms with van der Waals surface area (Å²) < 4.78 is 12.5. The second-order valence-corrected chi connectivity index (χ2v) is 7.71. The van der Waals surface area contributed by atoms with Gasteiger partial charge in [0.1, 0.15) is 22.2 Å². The maximum Gasteiger partial charge on any atom is 0.271 e. The van der Waals surface area contributed by atoms with E-state index in [0.717, 1.165) is 21.8 Å². The molecule has 0 fully saturated rings. The second kappa shape index (κ2) is 9.01. The quantitative estimate of drug-likeness (QED) is 0.463. The number of hydrogen-bond acceptors (Lipinski definition) is 6. The average molecular weight is 435 g/mol. The Balaban J connectivity index is 1.50. The molecule has 2 aromatic heterocycles. The van der Waals surface area contributed by atoms with Crippen LogP contribution in [-0.2, 0) is 0 Å². The van der Waals surface area contributed by atoms with Crippen LogP contribution in [0.2, 0.25) is 0 Å². The van der Waals surface area contributed by atoms with Gasteiger partial charge in [-0.3, -0.25) is 4.79 Å². The number of rotatable bonds is 7. The number of nitrogens with one attached hydrogen (secondary N) is 1. The summed E-state index contributed by atoms with van der Waals surface area (Å²) in [4.78, 5) is 17.3. The summed E-state index contributed by atoms with van der Waals surface area (Å²) in [6, 6.07) is 15.0. The van der Waals surface area contributed by atoms with Crippen molar-refractivity contribution in [2.45, 2.75) is 13.0 Å². The van der Waals surface area contributed by atoms with Gasteiger partial charge in [0.25, 0.3) is 5.91 Å². The van der Waals surface area contributed by atoms with E-state index in [1.165, 1.54) is 11.3 Å². The molecule has 1 amide bonds. The van der Waals surface area contributed by atoms with E-state index in [0.29, 0.717) is 17.2 Å². The van der Waals surface area contributed by atoms with Gasteiger partial charge in [-0.2, -0.15) is 5.10 Å². The normalized spacial score (nSPS) is 11.7. The fourth-order valence-corrected chi connectivity index (χ4v) is 3.97. The van der Waals surface area contributed by atoms with Gasteiger partial charge in [0, 0.05) is 22.7 Å². The van der Waals surface area contributed by atoms with Crippen molar-refractivity contribution < 1.29 is 14.3 Å². The van der Waals surface area contributed by atoms with Gasteiger partial charge in [0.15, 0.2) is 0 Å². The Bertz CT molecular complexity index is 1190. The lowest BCUT2D eigenvalue weighted by atomic mass is 10.1. The molecule has 4 aromatic rings. The highest BCUT2D eigenvalue weighted by Crippen LogP contribution is 2.30. The number of hydrogen-bond donors (Lipinski definition) is 1. The summed E-state index contributed by atoms with van der Waals surface area (Å²) in [5, 5.41) is 9.87. The third-order valence-corrected chi connectivity index (χ3v) is 5.73. The molecule has 0 aliphatic carbocycles. The molecule has 31 heavy (non-hydrogen) atoms. The average Bonchev–Trinajstić information content (AvgIpc) is 3.49. The van der Waals surface area contributed by atoms with Crippen molar-refractivity contribution in [3.05, 3.63) is 77.6 Å². The molecule has 0 bridgehead atoms. The predicted molar refractivity (Wildman–Crippen MR) is 120 cm³/mol. The minimum absolute atomic E-state index is 0.254. The molecule has 0 saturated carbocycles. The lowest BCUT2D eigenvalue weighted by Crippen LogP contribution is -2.27. The molecule has 0 aliphatic rings. The van der Waals surface area contributed by atoms with Gasteiger partial charge < -0.3 is 14.8 Å². The Kier molecular flexibility index (Phi) is 5.99. The highest BCUT2D eigenvalue weighted by molar-refractivity contribution is 7.13. The molecular formula is C23H22N4O3S. The Morgan fingerprint density at radius 1 is 1.13 bits per heavy atom. The number of carbonyl (C=O) groups excluding carboxylic acids is 1. The molecule has 0 radical (unpaired) electrons. The van der Waals surface area contributed by atoms with Crippen LogP contribution in [0, 0.1) is 0 Å². The lowest BCUT2D eigenvalue weighted by Gasteiger charge is -2.17. The van der Waals surface area contributed by atoms with Crippen molar-refractivity contribution in [2.75, 3.05) is 14.2 Å². The fraction of sp³-hybridized carbons (Fsp3) is 0.174. The van der Waals surface area contributed by atoms with Crippen molar-refractivity contribution >= 4 is 17.2 Å². The molecule has 8 heteroatoms. The number of carbonyl (C=O) groups is 1. The van der Waals surface area contributed by atoms with Crippen molar-refractivity contribution in [1.82, 2.24) is 20.1 Å². The summed E-state index contributed by atoms with van der Waals surface area (Å²) in [5.41, 5.74) is 3.01. The number of para-hydroxylation sites is 1. The highest BCUT2D eigenvalue weighted by Gasteiger charge is 2.19. The third-order valence-electron chi connectivity index (χ3n) is 4.84. The van der Waals surface area contributed by atoms with Crippen LogP contribution in [0.25, 0.3) is 16.3 Å². The Labute approximate surface area is 184 Å². The monoisotopic (exact) mass is 434 g/mol. The van der Waals surface area contributed by atoms with Crippen molar-refractivity contribution in [2.24, 2.45) is 0 Å². The third kappa shape index (κ3) is 4.44. The molecule has 0 aliphatic heterocycles. The molecule has 2 aromatic carbocycles. The van der Waals surface area contributed by atoms with Crippen LogP contribution in [0.15, 0.2) is 66.3 Å². The smallest absolute Gasteiger partial charge is 0.271 e. The second-order valence-electron chi connectivity index (χ2n) is 6.85. The minimum Gasteiger partial charge on any atom is -0.497 e.